The average Bonchev–Trinajstić information content (AvgIpc) is 3.12. The molecule has 164 valence electrons. The van der Waals surface area contributed by atoms with E-state index in [2.05, 4.69) is 28.4 Å². The summed E-state index contributed by atoms with van der Waals surface area (Å²) in [6.07, 6.45) is 1.19. The minimum atomic E-state index is -0.737. The second kappa shape index (κ2) is 9.14. The number of para-hydroxylation sites is 1. The maximum Gasteiger partial charge on any atom is 0.513 e. The fourth-order valence-electron chi connectivity index (χ4n) is 3.96. The first-order chi connectivity index (χ1) is 15.5. The standard InChI is InChI=1S/C26H27N3O3/c1-4-7-24-28-25-17(2)14-20(27)15-22(25)29(24)16-18-10-12-19(13-11-18)21-8-5-6-9-23(21)32-26(30)31-3/h5-6,8-15H,4,7,16,27H2,1-3H3. The highest BCUT2D eigenvalue weighted by atomic mass is 16.7. The lowest BCUT2D eigenvalue weighted by Crippen LogP contribution is -2.08. The Morgan fingerprint density at radius 3 is 2.56 bits per heavy atom. The van der Waals surface area contributed by atoms with Crippen molar-refractivity contribution in [3.63, 3.8) is 0 Å². The zero-order valence-corrected chi connectivity index (χ0v) is 18.6. The maximum absolute atomic E-state index is 11.6. The van der Waals surface area contributed by atoms with E-state index in [1.807, 2.05) is 49.4 Å². The van der Waals surface area contributed by atoms with Gasteiger partial charge in [0, 0.05) is 24.2 Å². The zero-order chi connectivity index (χ0) is 22.7. The fraction of sp³-hybridized carbons (Fsp3) is 0.231. The van der Waals surface area contributed by atoms with Gasteiger partial charge in [0.05, 0.1) is 18.1 Å². The highest BCUT2D eigenvalue weighted by Gasteiger charge is 2.14. The summed E-state index contributed by atoms with van der Waals surface area (Å²) in [5, 5.41) is 0. The first kappa shape index (κ1) is 21.4. The first-order valence-electron chi connectivity index (χ1n) is 10.7. The van der Waals surface area contributed by atoms with Crippen LogP contribution in [-0.4, -0.2) is 22.8 Å². The number of rotatable bonds is 6. The normalized spacial score (nSPS) is 11.0. The first-order valence-corrected chi connectivity index (χ1v) is 10.7. The number of nitrogens with two attached hydrogens (primary N) is 1. The summed E-state index contributed by atoms with van der Waals surface area (Å²) >= 11 is 0. The van der Waals surface area contributed by atoms with Crippen LogP contribution in [0.25, 0.3) is 22.2 Å². The Kier molecular flexibility index (Phi) is 6.12. The number of aryl methyl sites for hydroxylation is 2. The molecule has 3 aromatic carbocycles. The van der Waals surface area contributed by atoms with Crippen LogP contribution >= 0.6 is 0 Å². The number of hydrogen-bond donors (Lipinski definition) is 1. The molecule has 0 saturated heterocycles. The number of carbonyl (C=O) groups is 1. The quantitative estimate of drug-likeness (QED) is 0.240. The lowest BCUT2D eigenvalue weighted by Gasteiger charge is -2.12. The lowest BCUT2D eigenvalue weighted by atomic mass is 10.0. The molecule has 0 amide bonds. The van der Waals surface area contributed by atoms with Gasteiger partial charge in [0.2, 0.25) is 0 Å². The van der Waals surface area contributed by atoms with Crippen LogP contribution in [0, 0.1) is 6.92 Å². The topological polar surface area (TPSA) is 79.4 Å². The Morgan fingerprint density at radius 1 is 1.09 bits per heavy atom. The largest absolute Gasteiger partial charge is 0.513 e. The van der Waals surface area contributed by atoms with E-state index in [9.17, 15) is 4.79 Å². The van der Waals surface area contributed by atoms with Gasteiger partial charge in [0.15, 0.2) is 0 Å². The molecule has 2 N–H and O–H groups in total. The molecule has 0 aliphatic heterocycles. The van der Waals surface area contributed by atoms with E-state index in [0.29, 0.717) is 12.3 Å². The Bertz CT molecular complexity index is 1260. The molecule has 0 spiro atoms. The number of methoxy groups -OCH3 is 1. The number of nitrogens with zero attached hydrogens (tertiary/aromatic N) is 2. The summed E-state index contributed by atoms with van der Waals surface area (Å²) in [4.78, 5) is 16.5. The number of benzene rings is 3. The van der Waals surface area contributed by atoms with Crippen molar-refractivity contribution in [1.29, 1.82) is 0 Å². The summed E-state index contributed by atoms with van der Waals surface area (Å²) in [5.74, 6) is 1.53. The smallest absolute Gasteiger partial charge is 0.437 e. The van der Waals surface area contributed by atoms with Crippen LogP contribution in [0.3, 0.4) is 0 Å². The molecular weight excluding hydrogens is 402 g/mol. The van der Waals surface area contributed by atoms with Crippen molar-refractivity contribution in [3.05, 3.63) is 77.6 Å². The van der Waals surface area contributed by atoms with E-state index in [1.165, 1.54) is 7.11 Å². The predicted molar refractivity (Wildman–Crippen MR) is 127 cm³/mol. The molecule has 32 heavy (non-hydrogen) atoms. The summed E-state index contributed by atoms with van der Waals surface area (Å²) in [6, 6.07) is 19.6. The van der Waals surface area contributed by atoms with Gasteiger partial charge in [-0.05, 0) is 48.2 Å². The lowest BCUT2D eigenvalue weighted by molar-refractivity contribution is 0.121. The average molecular weight is 430 g/mol. The molecule has 0 aliphatic carbocycles. The Morgan fingerprint density at radius 2 is 1.84 bits per heavy atom. The Labute approximate surface area is 187 Å². The molecular formula is C26H27N3O3. The molecule has 4 aromatic rings. The van der Waals surface area contributed by atoms with Crippen molar-refractivity contribution < 1.29 is 14.3 Å². The summed E-state index contributed by atoms with van der Waals surface area (Å²) in [7, 11) is 1.29. The monoisotopic (exact) mass is 429 g/mol. The van der Waals surface area contributed by atoms with Crippen molar-refractivity contribution >= 4 is 22.9 Å². The maximum atomic E-state index is 11.6. The third kappa shape index (κ3) is 4.30. The number of carbonyl (C=O) groups excluding carboxylic acids is 1. The number of nitrogen functional groups attached to an aromatic ring is 1. The van der Waals surface area contributed by atoms with E-state index in [4.69, 9.17) is 15.5 Å². The predicted octanol–water partition coefficient (Wildman–Crippen LogP) is 5.74. The van der Waals surface area contributed by atoms with Crippen LogP contribution in [0.2, 0.25) is 0 Å². The molecule has 0 aliphatic rings. The van der Waals surface area contributed by atoms with Gasteiger partial charge in [0.1, 0.15) is 11.6 Å². The van der Waals surface area contributed by atoms with Gasteiger partial charge < -0.3 is 19.8 Å². The van der Waals surface area contributed by atoms with Gasteiger partial charge >= 0.3 is 6.16 Å². The van der Waals surface area contributed by atoms with Crippen molar-refractivity contribution in [3.8, 4) is 16.9 Å². The minimum Gasteiger partial charge on any atom is -0.437 e. The van der Waals surface area contributed by atoms with Crippen LogP contribution in [-0.2, 0) is 17.7 Å². The number of imidazole rings is 1. The van der Waals surface area contributed by atoms with Gasteiger partial charge in [-0.2, -0.15) is 0 Å². The van der Waals surface area contributed by atoms with Crippen LogP contribution in [0.5, 0.6) is 5.75 Å². The van der Waals surface area contributed by atoms with Gasteiger partial charge in [0.25, 0.3) is 0 Å². The van der Waals surface area contributed by atoms with Crippen molar-refractivity contribution in [1.82, 2.24) is 9.55 Å². The molecule has 1 heterocycles. The second-order valence-corrected chi connectivity index (χ2v) is 7.82. The van der Waals surface area contributed by atoms with Gasteiger partial charge in [-0.25, -0.2) is 9.78 Å². The second-order valence-electron chi connectivity index (χ2n) is 7.82. The fourth-order valence-corrected chi connectivity index (χ4v) is 3.96. The van der Waals surface area contributed by atoms with Crippen LogP contribution in [0.1, 0.15) is 30.3 Å². The molecule has 0 fully saturated rings. The number of ether oxygens (including phenoxy) is 2. The molecule has 0 atom stereocenters. The minimum absolute atomic E-state index is 0.462. The van der Waals surface area contributed by atoms with Crippen LogP contribution < -0.4 is 10.5 Å². The SMILES string of the molecule is CCCc1nc2c(C)cc(N)cc2n1Cc1ccc(-c2ccccc2OC(=O)OC)cc1. The number of aromatic nitrogens is 2. The van der Waals surface area contributed by atoms with Crippen LogP contribution in [0.15, 0.2) is 60.7 Å². The van der Waals surface area contributed by atoms with Gasteiger partial charge in [-0.1, -0.05) is 49.4 Å². The summed E-state index contributed by atoms with van der Waals surface area (Å²) in [5.41, 5.74) is 13.0. The molecule has 4 rings (SSSR count). The van der Waals surface area contributed by atoms with Crippen molar-refractivity contribution in [2.24, 2.45) is 0 Å². The zero-order valence-electron chi connectivity index (χ0n) is 18.6. The van der Waals surface area contributed by atoms with E-state index in [1.54, 1.807) is 6.07 Å². The molecule has 6 heteroatoms. The number of fused-ring (bicyclic) bond motifs is 1. The van der Waals surface area contributed by atoms with E-state index in [0.717, 1.165) is 57.6 Å². The highest BCUT2D eigenvalue weighted by molar-refractivity contribution is 5.83. The highest BCUT2D eigenvalue weighted by Crippen LogP contribution is 2.31. The Hall–Kier alpha value is -3.80. The molecule has 0 radical (unpaired) electrons. The Balaban J connectivity index is 1.67. The van der Waals surface area contributed by atoms with Crippen LogP contribution in [0.4, 0.5) is 10.5 Å². The van der Waals surface area contributed by atoms with Gasteiger partial charge in [-0.3, -0.25) is 0 Å². The summed E-state index contributed by atoms with van der Waals surface area (Å²) < 4.78 is 12.2. The van der Waals surface area contributed by atoms with E-state index >= 15 is 0 Å². The van der Waals surface area contributed by atoms with E-state index < -0.39 is 6.16 Å². The molecule has 0 unspecified atom stereocenters. The van der Waals surface area contributed by atoms with Gasteiger partial charge in [-0.15, -0.1) is 0 Å². The molecule has 0 bridgehead atoms. The molecule has 6 nitrogen and oxygen atoms in total. The molecule has 0 saturated carbocycles. The molecule has 1 aromatic heterocycles. The van der Waals surface area contributed by atoms with Crippen molar-refractivity contribution in [2.45, 2.75) is 33.2 Å². The number of anilines is 1. The van der Waals surface area contributed by atoms with E-state index in [-0.39, 0.29) is 0 Å². The summed E-state index contributed by atoms with van der Waals surface area (Å²) in [6.45, 7) is 4.91. The number of hydrogen-bond acceptors (Lipinski definition) is 5. The third-order valence-electron chi connectivity index (χ3n) is 5.47. The third-order valence-corrected chi connectivity index (χ3v) is 5.47. The van der Waals surface area contributed by atoms with Crippen molar-refractivity contribution in [2.75, 3.05) is 12.8 Å².